The van der Waals surface area contributed by atoms with E-state index in [9.17, 15) is 9.59 Å². The van der Waals surface area contributed by atoms with Crippen molar-refractivity contribution in [3.05, 3.63) is 47.5 Å². The van der Waals surface area contributed by atoms with Gasteiger partial charge in [-0.2, -0.15) is 0 Å². The van der Waals surface area contributed by atoms with Gasteiger partial charge in [-0.05, 0) is 43.2 Å². The van der Waals surface area contributed by atoms with Crippen molar-refractivity contribution in [2.24, 2.45) is 0 Å². The van der Waals surface area contributed by atoms with Gasteiger partial charge in [0.1, 0.15) is 0 Å². The van der Waals surface area contributed by atoms with Crippen LogP contribution in [0.4, 0.5) is 5.69 Å². The summed E-state index contributed by atoms with van der Waals surface area (Å²) in [6.07, 6.45) is 4.38. The Morgan fingerprint density at radius 2 is 1.47 bits per heavy atom. The van der Waals surface area contributed by atoms with E-state index >= 15 is 0 Å². The van der Waals surface area contributed by atoms with Gasteiger partial charge in [0.2, 0.25) is 5.75 Å². The molecule has 0 bridgehead atoms. The van der Waals surface area contributed by atoms with Gasteiger partial charge in [0, 0.05) is 29.9 Å². The first-order valence-electron chi connectivity index (χ1n) is 10.1. The molecule has 1 aliphatic rings. The molecule has 0 unspecified atom stereocenters. The highest BCUT2D eigenvalue weighted by Gasteiger charge is 2.19. The lowest BCUT2D eigenvalue weighted by molar-refractivity contribution is 0.0761. The van der Waals surface area contributed by atoms with Crippen LogP contribution in [-0.4, -0.2) is 51.1 Å². The van der Waals surface area contributed by atoms with Gasteiger partial charge >= 0.3 is 0 Å². The highest BCUT2D eigenvalue weighted by atomic mass is 16.5. The molecule has 2 amide bonds. The third-order valence-electron chi connectivity index (χ3n) is 5.19. The zero-order valence-electron chi connectivity index (χ0n) is 17.7. The lowest BCUT2D eigenvalue weighted by Gasteiger charge is -2.20. The standard InChI is InChI=1S/C23H28N2O5/c1-28-19-14-17(15-20(29-2)21(19)30-3)22(26)24-18-10-8-9-16(13-18)23(27)25-11-6-4-5-7-12-25/h8-10,13-15H,4-7,11-12H2,1-3H3,(H,24,26). The first-order valence-corrected chi connectivity index (χ1v) is 10.1. The summed E-state index contributed by atoms with van der Waals surface area (Å²) in [5.74, 6) is 0.871. The van der Waals surface area contributed by atoms with E-state index in [1.54, 1.807) is 36.4 Å². The van der Waals surface area contributed by atoms with Crippen LogP contribution in [0.3, 0.4) is 0 Å². The molecule has 1 fully saturated rings. The number of carbonyl (C=O) groups is 2. The van der Waals surface area contributed by atoms with Crippen LogP contribution in [0.1, 0.15) is 46.4 Å². The van der Waals surface area contributed by atoms with Gasteiger partial charge in [-0.1, -0.05) is 18.9 Å². The summed E-state index contributed by atoms with van der Waals surface area (Å²) in [6.45, 7) is 1.56. The topological polar surface area (TPSA) is 77.1 Å². The minimum absolute atomic E-state index is 0.000727. The van der Waals surface area contributed by atoms with Crippen LogP contribution in [0.15, 0.2) is 36.4 Å². The van der Waals surface area contributed by atoms with Gasteiger partial charge in [0.15, 0.2) is 11.5 Å². The molecular weight excluding hydrogens is 384 g/mol. The maximum absolute atomic E-state index is 12.9. The molecule has 7 heteroatoms. The van der Waals surface area contributed by atoms with Crippen molar-refractivity contribution in [3.8, 4) is 17.2 Å². The molecule has 30 heavy (non-hydrogen) atoms. The first-order chi connectivity index (χ1) is 14.6. The van der Waals surface area contributed by atoms with E-state index in [-0.39, 0.29) is 11.8 Å². The molecule has 1 heterocycles. The van der Waals surface area contributed by atoms with Crippen LogP contribution in [0.25, 0.3) is 0 Å². The Morgan fingerprint density at radius 3 is 2.03 bits per heavy atom. The lowest BCUT2D eigenvalue weighted by Crippen LogP contribution is -2.31. The summed E-state index contributed by atoms with van der Waals surface area (Å²) >= 11 is 0. The van der Waals surface area contributed by atoms with Crippen LogP contribution in [0.5, 0.6) is 17.2 Å². The lowest BCUT2D eigenvalue weighted by atomic mass is 10.1. The Morgan fingerprint density at radius 1 is 0.833 bits per heavy atom. The van der Waals surface area contributed by atoms with Crippen molar-refractivity contribution in [2.75, 3.05) is 39.7 Å². The van der Waals surface area contributed by atoms with E-state index in [1.165, 1.54) is 21.3 Å². The molecule has 2 aromatic rings. The Kier molecular flexibility index (Phi) is 7.17. The Balaban J connectivity index is 1.79. The van der Waals surface area contributed by atoms with Crippen LogP contribution in [0.2, 0.25) is 0 Å². The van der Waals surface area contributed by atoms with Gasteiger partial charge in [-0.15, -0.1) is 0 Å². The van der Waals surface area contributed by atoms with Crippen molar-refractivity contribution in [1.82, 2.24) is 4.90 Å². The third kappa shape index (κ3) is 4.84. The molecule has 0 atom stereocenters. The second kappa shape index (κ2) is 10.0. The minimum atomic E-state index is -0.339. The SMILES string of the molecule is COc1cc(C(=O)Nc2cccc(C(=O)N3CCCCCC3)c2)cc(OC)c1OC. The number of nitrogens with one attached hydrogen (secondary N) is 1. The van der Waals surface area contributed by atoms with Crippen LogP contribution in [0, 0.1) is 0 Å². The molecule has 0 spiro atoms. The van der Waals surface area contributed by atoms with E-state index in [2.05, 4.69) is 5.32 Å². The molecule has 3 rings (SSSR count). The Bertz CT molecular complexity index is 879. The molecule has 1 N–H and O–H groups in total. The quantitative estimate of drug-likeness (QED) is 0.777. The minimum Gasteiger partial charge on any atom is -0.493 e. The van der Waals surface area contributed by atoms with E-state index in [1.807, 2.05) is 4.90 Å². The van der Waals surface area contributed by atoms with Gasteiger partial charge < -0.3 is 24.4 Å². The summed E-state index contributed by atoms with van der Waals surface area (Å²) < 4.78 is 15.9. The summed E-state index contributed by atoms with van der Waals surface area (Å²) in [6, 6.07) is 10.2. The number of nitrogens with zero attached hydrogens (tertiary/aromatic N) is 1. The van der Waals surface area contributed by atoms with Crippen molar-refractivity contribution >= 4 is 17.5 Å². The third-order valence-corrected chi connectivity index (χ3v) is 5.19. The Labute approximate surface area is 176 Å². The molecule has 7 nitrogen and oxygen atoms in total. The number of anilines is 1. The number of amides is 2. The molecular formula is C23H28N2O5. The number of carbonyl (C=O) groups excluding carboxylic acids is 2. The summed E-state index contributed by atoms with van der Waals surface area (Å²) in [5, 5.41) is 2.85. The fourth-order valence-corrected chi connectivity index (χ4v) is 3.60. The van der Waals surface area contributed by atoms with Crippen molar-refractivity contribution in [3.63, 3.8) is 0 Å². The Hall–Kier alpha value is -3.22. The molecule has 1 aliphatic heterocycles. The summed E-state index contributed by atoms with van der Waals surface area (Å²) in [4.78, 5) is 27.6. The molecule has 0 aromatic heterocycles. The predicted molar refractivity (Wildman–Crippen MR) is 115 cm³/mol. The average Bonchev–Trinajstić information content (AvgIpc) is 3.07. The number of benzene rings is 2. The van der Waals surface area contributed by atoms with Crippen molar-refractivity contribution in [2.45, 2.75) is 25.7 Å². The average molecular weight is 412 g/mol. The number of likely N-dealkylation sites (tertiary alicyclic amines) is 1. The van der Waals surface area contributed by atoms with Gasteiger partial charge in [-0.3, -0.25) is 9.59 Å². The van der Waals surface area contributed by atoms with Crippen molar-refractivity contribution in [1.29, 1.82) is 0 Å². The monoisotopic (exact) mass is 412 g/mol. The summed E-state index contributed by atoms with van der Waals surface area (Å²) in [7, 11) is 4.50. The zero-order chi connectivity index (χ0) is 21.5. The van der Waals surface area contributed by atoms with Crippen LogP contribution >= 0.6 is 0 Å². The molecule has 2 aromatic carbocycles. The predicted octanol–water partition coefficient (Wildman–Crippen LogP) is 3.98. The second-order valence-electron chi connectivity index (χ2n) is 7.16. The van der Waals surface area contributed by atoms with Crippen LogP contribution in [-0.2, 0) is 0 Å². The van der Waals surface area contributed by atoms with E-state index < -0.39 is 0 Å². The normalized spacial score (nSPS) is 13.9. The molecule has 0 aliphatic carbocycles. The number of hydrogen-bond acceptors (Lipinski definition) is 5. The molecule has 0 radical (unpaired) electrons. The van der Waals surface area contributed by atoms with E-state index in [0.717, 1.165) is 38.8 Å². The maximum atomic E-state index is 12.9. The number of hydrogen-bond donors (Lipinski definition) is 1. The maximum Gasteiger partial charge on any atom is 0.255 e. The molecule has 160 valence electrons. The molecule has 1 saturated heterocycles. The van der Waals surface area contributed by atoms with Crippen molar-refractivity contribution < 1.29 is 23.8 Å². The van der Waals surface area contributed by atoms with Gasteiger partial charge in [0.25, 0.3) is 11.8 Å². The van der Waals surface area contributed by atoms with Gasteiger partial charge in [-0.25, -0.2) is 0 Å². The number of methoxy groups -OCH3 is 3. The fourth-order valence-electron chi connectivity index (χ4n) is 3.60. The summed E-state index contributed by atoms with van der Waals surface area (Å²) in [5.41, 5.74) is 1.47. The number of ether oxygens (including phenoxy) is 3. The largest absolute Gasteiger partial charge is 0.493 e. The molecule has 0 saturated carbocycles. The smallest absolute Gasteiger partial charge is 0.255 e. The van der Waals surface area contributed by atoms with Crippen LogP contribution < -0.4 is 19.5 Å². The highest BCUT2D eigenvalue weighted by Crippen LogP contribution is 2.38. The fraction of sp³-hybridized carbons (Fsp3) is 0.391. The number of rotatable bonds is 6. The zero-order valence-corrected chi connectivity index (χ0v) is 17.7. The first kappa shape index (κ1) is 21.5. The van der Waals surface area contributed by atoms with E-state index in [0.29, 0.717) is 34.1 Å². The second-order valence-corrected chi connectivity index (χ2v) is 7.16. The van der Waals surface area contributed by atoms with E-state index in [4.69, 9.17) is 14.2 Å². The highest BCUT2D eigenvalue weighted by molar-refractivity contribution is 6.06. The van der Waals surface area contributed by atoms with Gasteiger partial charge in [0.05, 0.1) is 21.3 Å².